The Morgan fingerprint density at radius 1 is 1.20 bits per heavy atom. The lowest BCUT2D eigenvalue weighted by atomic mass is 9.94. The number of rotatable bonds is 3. The molecule has 4 heteroatoms. The Labute approximate surface area is 148 Å². The number of fused-ring (bicyclic) bond motifs is 1. The predicted octanol–water partition coefficient (Wildman–Crippen LogP) is 2.74. The first-order valence-corrected chi connectivity index (χ1v) is 8.99. The second-order valence-corrected chi connectivity index (χ2v) is 6.88. The summed E-state index contributed by atoms with van der Waals surface area (Å²) in [6, 6.07) is 14.4. The molecule has 0 spiro atoms. The van der Waals surface area contributed by atoms with E-state index in [9.17, 15) is 4.79 Å². The summed E-state index contributed by atoms with van der Waals surface area (Å²) in [5.41, 5.74) is 6.29. The lowest BCUT2D eigenvalue weighted by Gasteiger charge is -2.36. The standard InChI is InChI=1S/C21H24N2O2/c1-15-5-2-3-8-18(15)20-21(24)22-10-11-23(20)13-16-6-4-7-17-14-25-12-9-19(16)17/h2-8,20H,9-14H2,1H3,(H,22,24)/t20-/m1/s1. The molecular formula is C21H24N2O2. The fourth-order valence-electron chi connectivity index (χ4n) is 3.98. The van der Waals surface area contributed by atoms with Crippen LogP contribution in [-0.2, 0) is 29.1 Å². The van der Waals surface area contributed by atoms with E-state index < -0.39 is 0 Å². The van der Waals surface area contributed by atoms with Crippen LogP contribution in [-0.4, -0.2) is 30.5 Å². The zero-order chi connectivity index (χ0) is 17.2. The third-order valence-electron chi connectivity index (χ3n) is 5.29. The number of amides is 1. The van der Waals surface area contributed by atoms with Gasteiger partial charge in [-0.2, -0.15) is 0 Å². The van der Waals surface area contributed by atoms with E-state index in [-0.39, 0.29) is 11.9 Å². The Morgan fingerprint density at radius 2 is 2.08 bits per heavy atom. The molecular weight excluding hydrogens is 312 g/mol. The molecule has 2 aromatic rings. The minimum absolute atomic E-state index is 0.105. The predicted molar refractivity (Wildman–Crippen MR) is 97.1 cm³/mol. The maximum absolute atomic E-state index is 12.7. The Balaban J connectivity index is 1.66. The average Bonchev–Trinajstić information content (AvgIpc) is 2.63. The van der Waals surface area contributed by atoms with Gasteiger partial charge in [-0.1, -0.05) is 42.5 Å². The van der Waals surface area contributed by atoms with Gasteiger partial charge in [-0.15, -0.1) is 0 Å². The quantitative estimate of drug-likeness (QED) is 0.937. The highest BCUT2D eigenvalue weighted by Crippen LogP contribution is 2.29. The molecule has 2 aliphatic rings. The van der Waals surface area contributed by atoms with Crippen molar-refractivity contribution in [2.45, 2.75) is 32.5 Å². The van der Waals surface area contributed by atoms with Crippen LogP contribution in [0.2, 0.25) is 0 Å². The summed E-state index contributed by atoms with van der Waals surface area (Å²) in [4.78, 5) is 15.0. The highest BCUT2D eigenvalue weighted by atomic mass is 16.5. The summed E-state index contributed by atoms with van der Waals surface area (Å²) < 4.78 is 5.59. The minimum Gasteiger partial charge on any atom is -0.376 e. The van der Waals surface area contributed by atoms with Crippen molar-refractivity contribution in [3.63, 3.8) is 0 Å². The van der Waals surface area contributed by atoms with Gasteiger partial charge in [-0.3, -0.25) is 9.69 Å². The second-order valence-electron chi connectivity index (χ2n) is 6.88. The number of benzene rings is 2. The van der Waals surface area contributed by atoms with Crippen LogP contribution in [0.15, 0.2) is 42.5 Å². The number of carbonyl (C=O) groups is 1. The molecule has 0 aromatic heterocycles. The van der Waals surface area contributed by atoms with E-state index in [1.165, 1.54) is 16.7 Å². The highest BCUT2D eigenvalue weighted by molar-refractivity contribution is 5.84. The molecule has 130 valence electrons. The maximum Gasteiger partial charge on any atom is 0.242 e. The number of hydrogen-bond donors (Lipinski definition) is 1. The van der Waals surface area contributed by atoms with E-state index >= 15 is 0 Å². The number of nitrogens with one attached hydrogen (secondary N) is 1. The van der Waals surface area contributed by atoms with Crippen LogP contribution in [0.25, 0.3) is 0 Å². The summed E-state index contributed by atoms with van der Waals surface area (Å²) in [6.45, 7) is 5.94. The zero-order valence-corrected chi connectivity index (χ0v) is 14.6. The van der Waals surface area contributed by atoms with Gasteiger partial charge in [-0.05, 0) is 41.2 Å². The van der Waals surface area contributed by atoms with Crippen molar-refractivity contribution in [2.75, 3.05) is 19.7 Å². The van der Waals surface area contributed by atoms with E-state index in [0.29, 0.717) is 13.2 Å². The van der Waals surface area contributed by atoms with Gasteiger partial charge in [0.05, 0.1) is 13.2 Å². The molecule has 1 amide bonds. The molecule has 1 fully saturated rings. The van der Waals surface area contributed by atoms with Crippen molar-refractivity contribution in [3.8, 4) is 0 Å². The van der Waals surface area contributed by atoms with Crippen LogP contribution in [0.3, 0.4) is 0 Å². The number of ether oxygens (including phenoxy) is 1. The van der Waals surface area contributed by atoms with Crippen molar-refractivity contribution >= 4 is 5.91 Å². The monoisotopic (exact) mass is 336 g/mol. The van der Waals surface area contributed by atoms with Gasteiger partial charge >= 0.3 is 0 Å². The molecule has 2 aromatic carbocycles. The SMILES string of the molecule is Cc1ccccc1[C@@H]1C(=O)NCCN1Cc1cccc2c1CCOC2. The number of hydrogen-bond acceptors (Lipinski definition) is 3. The Hall–Kier alpha value is -2.17. The minimum atomic E-state index is -0.217. The molecule has 1 atom stereocenters. The molecule has 25 heavy (non-hydrogen) atoms. The van der Waals surface area contributed by atoms with Crippen molar-refractivity contribution < 1.29 is 9.53 Å². The summed E-state index contributed by atoms with van der Waals surface area (Å²) in [6.07, 6.45) is 0.959. The molecule has 0 aliphatic carbocycles. The maximum atomic E-state index is 12.7. The summed E-state index contributed by atoms with van der Waals surface area (Å²) in [5, 5.41) is 3.04. The molecule has 0 unspecified atom stereocenters. The molecule has 0 radical (unpaired) electrons. The van der Waals surface area contributed by atoms with Gasteiger partial charge in [-0.25, -0.2) is 0 Å². The molecule has 2 aliphatic heterocycles. The van der Waals surface area contributed by atoms with E-state index in [2.05, 4.69) is 47.5 Å². The van der Waals surface area contributed by atoms with Crippen LogP contribution in [0.5, 0.6) is 0 Å². The topological polar surface area (TPSA) is 41.6 Å². The molecule has 1 saturated heterocycles. The normalized spacial score (nSPS) is 20.8. The molecule has 4 nitrogen and oxygen atoms in total. The highest BCUT2D eigenvalue weighted by Gasteiger charge is 2.32. The van der Waals surface area contributed by atoms with Crippen LogP contribution in [0.1, 0.15) is 33.9 Å². The largest absolute Gasteiger partial charge is 0.376 e. The number of carbonyl (C=O) groups excluding carboxylic acids is 1. The third-order valence-corrected chi connectivity index (χ3v) is 5.29. The summed E-state index contributed by atoms with van der Waals surface area (Å²) in [7, 11) is 0. The molecule has 2 heterocycles. The van der Waals surface area contributed by atoms with E-state index in [1.54, 1.807) is 0 Å². The molecule has 0 bridgehead atoms. The van der Waals surface area contributed by atoms with Crippen LogP contribution in [0.4, 0.5) is 0 Å². The second kappa shape index (κ2) is 6.98. The lowest BCUT2D eigenvalue weighted by Crippen LogP contribution is -2.49. The van der Waals surface area contributed by atoms with Crippen molar-refractivity contribution in [1.82, 2.24) is 10.2 Å². The van der Waals surface area contributed by atoms with Gasteiger partial charge in [0.15, 0.2) is 0 Å². The van der Waals surface area contributed by atoms with Gasteiger partial charge < -0.3 is 10.1 Å². The van der Waals surface area contributed by atoms with E-state index in [4.69, 9.17) is 4.74 Å². The van der Waals surface area contributed by atoms with Crippen LogP contribution >= 0.6 is 0 Å². The lowest BCUT2D eigenvalue weighted by molar-refractivity contribution is -0.129. The third kappa shape index (κ3) is 3.20. The van der Waals surface area contributed by atoms with Crippen LogP contribution < -0.4 is 5.32 Å². The smallest absolute Gasteiger partial charge is 0.242 e. The van der Waals surface area contributed by atoms with Crippen molar-refractivity contribution in [2.24, 2.45) is 0 Å². The number of aryl methyl sites for hydroxylation is 1. The van der Waals surface area contributed by atoms with Gasteiger partial charge in [0.25, 0.3) is 0 Å². The van der Waals surface area contributed by atoms with Gasteiger partial charge in [0, 0.05) is 19.6 Å². The molecule has 1 N–H and O–H groups in total. The van der Waals surface area contributed by atoms with Gasteiger partial charge in [0.1, 0.15) is 6.04 Å². The zero-order valence-electron chi connectivity index (χ0n) is 14.6. The molecule has 0 saturated carbocycles. The van der Waals surface area contributed by atoms with E-state index in [1.807, 2.05) is 12.1 Å². The Bertz CT molecular complexity index is 787. The summed E-state index contributed by atoms with van der Waals surface area (Å²) in [5.74, 6) is 0.105. The first kappa shape index (κ1) is 16.3. The fourth-order valence-corrected chi connectivity index (χ4v) is 3.98. The Kier molecular flexibility index (Phi) is 4.55. The van der Waals surface area contributed by atoms with Crippen molar-refractivity contribution in [3.05, 3.63) is 70.3 Å². The first-order chi connectivity index (χ1) is 12.2. The first-order valence-electron chi connectivity index (χ1n) is 8.99. The number of piperazine rings is 1. The summed E-state index contributed by atoms with van der Waals surface area (Å²) >= 11 is 0. The average molecular weight is 336 g/mol. The van der Waals surface area contributed by atoms with Crippen molar-refractivity contribution in [1.29, 1.82) is 0 Å². The number of nitrogens with zero attached hydrogens (tertiary/aromatic N) is 1. The van der Waals surface area contributed by atoms with Gasteiger partial charge in [0.2, 0.25) is 5.91 Å². The molecule has 4 rings (SSSR count). The fraction of sp³-hybridized carbons (Fsp3) is 0.381. The van der Waals surface area contributed by atoms with E-state index in [0.717, 1.165) is 37.2 Å². The van der Waals surface area contributed by atoms with Crippen LogP contribution in [0, 0.1) is 6.92 Å². The Morgan fingerprint density at radius 3 is 2.96 bits per heavy atom.